The van der Waals surface area contributed by atoms with Gasteiger partial charge in [-0.1, -0.05) is 6.07 Å². The number of benzene rings is 2. The molecular weight excluding hydrogens is 440 g/mol. The fourth-order valence-electron chi connectivity index (χ4n) is 6.10. The lowest BCUT2D eigenvalue weighted by Gasteiger charge is -2.53. The van der Waals surface area contributed by atoms with Gasteiger partial charge in [-0.05, 0) is 44.5 Å². The van der Waals surface area contributed by atoms with Crippen LogP contribution in [0, 0.1) is 13.8 Å². The van der Waals surface area contributed by atoms with Crippen molar-refractivity contribution in [1.82, 2.24) is 9.80 Å². The van der Waals surface area contributed by atoms with Gasteiger partial charge in [0, 0.05) is 28.0 Å². The van der Waals surface area contributed by atoms with Crippen molar-refractivity contribution in [1.29, 1.82) is 0 Å². The molecule has 1 fully saturated rings. The largest absolute Gasteiger partial charge is 0.507 e. The molecule has 6 rings (SSSR count). The van der Waals surface area contributed by atoms with Crippen LogP contribution in [-0.2, 0) is 11.2 Å². The number of piperazine rings is 1. The second kappa shape index (κ2) is 7.04. The third-order valence-electron chi connectivity index (χ3n) is 7.64. The number of hydrogen-bond donors (Lipinski definition) is 3. The number of fused-ring (bicyclic) bond motifs is 9. The van der Waals surface area contributed by atoms with E-state index in [4.69, 9.17) is 14.2 Å². The maximum atomic E-state index is 13.8. The van der Waals surface area contributed by atoms with Crippen LogP contribution in [0.3, 0.4) is 0 Å². The van der Waals surface area contributed by atoms with Crippen LogP contribution in [-0.4, -0.2) is 64.6 Å². The van der Waals surface area contributed by atoms with E-state index >= 15 is 0 Å². The van der Waals surface area contributed by atoms with Crippen molar-refractivity contribution in [2.75, 3.05) is 27.6 Å². The van der Waals surface area contributed by atoms with Gasteiger partial charge in [-0.2, -0.15) is 0 Å². The predicted molar refractivity (Wildman–Crippen MR) is 121 cm³/mol. The van der Waals surface area contributed by atoms with Gasteiger partial charge < -0.3 is 34.4 Å². The second-order valence-electron chi connectivity index (χ2n) is 9.28. The summed E-state index contributed by atoms with van der Waals surface area (Å²) >= 11 is 0. The molecule has 2 aromatic rings. The number of phenols is 2. The molecular formula is C25H26N2O7. The van der Waals surface area contributed by atoms with Crippen LogP contribution in [0.15, 0.2) is 11.8 Å². The highest BCUT2D eigenvalue weighted by Crippen LogP contribution is 2.57. The van der Waals surface area contributed by atoms with Crippen molar-refractivity contribution in [3.63, 3.8) is 0 Å². The first-order valence-corrected chi connectivity index (χ1v) is 11.2. The summed E-state index contributed by atoms with van der Waals surface area (Å²) < 4.78 is 16.8. The van der Waals surface area contributed by atoms with Gasteiger partial charge in [0.1, 0.15) is 5.75 Å². The minimum absolute atomic E-state index is 0.00309. The molecule has 0 aliphatic carbocycles. The Hall–Kier alpha value is -3.43. The van der Waals surface area contributed by atoms with E-state index in [0.717, 1.165) is 11.1 Å². The topological polar surface area (TPSA) is 112 Å². The van der Waals surface area contributed by atoms with Gasteiger partial charge in [0.05, 0.1) is 31.8 Å². The zero-order valence-electron chi connectivity index (χ0n) is 19.4. The Kier molecular flexibility index (Phi) is 4.37. The third-order valence-corrected chi connectivity index (χ3v) is 7.64. The molecule has 1 saturated heterocycles. The summed E-state index contributed by atoms with van der Waals surface area (Å²) in [6.07, 6.45) is 2.19. The van der Waals surface area contributed by atoms with E-state index in [1.165, 1.54) is 7.11 Å². The summed E-state index contributed by atoms with van der Waals surface area (Å²) in [7, 11) is 3.37. The van der Waals surface area contributed by atoms with E-state index in [1.807, 2.05) is 24.9 Å². The molecule has 9 nitrogen and oxygen atoms in total. The summed E-state index contributed by atoms with van der Waals surface area (Å²) in [6, 6.07) is 0.249. The average molecular weight is 466 g/mol. The number of phenolic OH excluding ortho intramolecular Hbond substituents is 2. The Morgan fingerprint density at radius 1 is 1.15 bits per heavy atom. The lowest BCUT2D eigenvalue weighted by molar-refractivity contribution is -0.144. The normalized spacial score (nSPS) is 24.4. The number of aliphatic hydroxyl groups is 1. The number of amides is 1. The fraction of sp³-hybridized carbons (Fsp3) is 0.400. The SMILES string of the molecule is COc1c(C)cc2c(c1O)[C@H]1C3=Cc4c(O)c(C)c5c(c4[C@H](CO)N3C(=O)[C@H](C2)N1C)OCO5. The number of methoxy groups -OCH3 is 1. The first-order chi connectivity index (χ1) is 16.3. The molecule has 0 aromatic heterocycles. The molecule has 1 amide bonds. The quantitative estimate of drug-likeness (QED) is 0.618. The first-order valence-electron chi connectivity index (χ1n) is 11.2. The van der Waals surface area contributed by atoms with E-state index in [1.54, 1.807) is 17.9 Å². The average Bonchev–Trinajstić information content (AvgIpc) is 3.30. The van der Waals surface area contributed by atoms with Gasteiger partial charge in [-0.25, -0.2) is 0 Å². The number of aliphatic hydroxyl groups excluding tert-OH is 1. The predicted octanol–water partition coefficient (Wildman–Crippen LogP) is 2.28. The van der Waals surface area contributed by atoms with Crippen LogP contribution in [0.25, 0.3) is 6.08 Å². The molecule has 4 heterocycles. The zero-order valence-corrected chi connectivity index (χ0v) is 19.4. The van der Waals surface area contributed by atoms with Crippen LogP contribution in [0.4, 0.5) is 0 Å². The second-order valence-corrected chi connectivity index (χ2v) is 9.28. The molecule has 0 radical (unpaired) electrons. The van der Waals surface area contributed by atoms with E-state index in [2.05, 4.69) is 0 Å². The highest BCUT2D eigenvalue weighted by atomic mass is 16.7. The van der Waals surface area contributed by atoms with E-state index in [9.17, 15) is 20.1 Å². The summed E-state index contributed by atoms with van der Waals surface area (Å²) in [5, 5.41) is 32.8. The molecule has 4 aliphatic heterocycles. The van der Waals surface area contributed by atoms with Gasteiger partial charge in [-0.15, -0.1) is 0 Å². The number of rotatable bonds is 2. The third kappa shape index (κ3) is 2.43. The van der Waals surface area contributed by atoms with Gasteiger partial charge in [0.2, 0.25) is 12.7 Å². The molecule has 0 saturated carbocycles. The highest BCUT2D eigenvalue weighted by molar-refractivity contribution is 5.91. The van der Waals surface area contributed by atoms with Gasteiger partial charge in [-0.3, -0.25) is 9.69 Å². The summed E-state index contributed by atoms with van der Waals surface area (Å²) in [4.78, 5) is 17.4. The Bertz CT molecular complexity index is 1300. The molecule has 34 heavy (non-hydrogen) atoms. The number of aryl methyl sites for hydroxylation is 1. The number of hydrogen-bond acceptors (Lipinski definition) is 8. The molecule has 4 aliphatic rings. The molecule has 0 unspecified atom stereocenters. The van der Waals surface area contributed by atoms with Crippen molar-refractivity contribution in [2.45, 2.75) is 38.4 Å². The zero-order chi connectivity index (χ0) is 24.0. The van der Waals surface area contributed by atoms with Crippen LogP contribution in [0.5, 0.6) is 28.7 Å². The molecule has 0 spiro atoms. The fourth-order valence-corrected chi connectivity index (χ4v) is 6.10. The van der Waals surface area contributed by atoms with Gasteiger partial charge >= 0.3 is 0 Å². The molecule has 2 bridgehead atoms. The molecule has 2 aromatic carbocycles. The molecule has 3 atom stereocenters. The number of nitrogens with zero attached hydrogens (tertiary/aromatic N) is 2. The van der Waals surface area contributed by atoms with E-state index in [0.29, 0.717) is 51.6 Å². The van der Waals surface area contributed by atoms with Crippen LogP contribution in [0.2, 0.25) is 0 Å². The summed E-state index contributed by atoms with van der Waals surface area (Å²) in [5.41, 5.74) is 4.47. The Balaban J connectivity index is 1.66. The number of likely N-dealkylation sites (N-methyl/N-ethyl adjacent to an activating group) is 1. The Labute approximate surface area is 196 Å². The van der Waals surface area contributed by atoms with Crippen molar-refractivity contribution in [3.8, 4) is 28.7 Å². The van der Waals surface area contributed by atoms with Crippen molar-refractivity contribution < 1.29 is 34.3 Å². The molecule has 3 N–H and O–H groups in total. The minimum Gasteiger partial charge on any atom is -0.507 e. The maximum Gasteiger partial charge on any atom is 0.245 e. The Morgan fingerprint density at radius 3 is 2.59 bits per heavy atom. The first kappa shape index (κ1) is 21.1. The summed E-state index contributed by atoms with van der Waals surface area (Å²) in [5.74, 6) is 1.17. The molecule has 9 heteroatoms. The molecule has 178 valence electrons. The van der Waals surface area contributed by atoms with Crippen molar-refractivity contribution in [2.24, 2.45) is 0 Å². The summed E-state index contributed by atoms with van der Waals surface area (Å²) in [6.45, 7) is 3.24. The number of carbonyl (C=O) groups excluding carboxylic acids is 1. The lowest BCUT2D eigenvalue weighted by Crippen LogP contribution is -2.60. The minimum atomic E-state index is -0.765. The van der Waals surface area contributed by atoms with E-state index < -0.39 is 18.1 Å². The maximum absolute atomic E-state index is 13.8. The van der Waals surface area contributed by atoms with Gasteiger partial charge in [0.25, 0.3) is 0 Å². The Morgan fingerprint density at radius 2 is 1.88 bits per heavy atom. The smallest absolute Gasteiger partial charge is 0.245 e. The highest BCUT2D eigenvalue weighted by Gasteiger charge is 2.52. The van der Waals surface area contributed by atoms with Crippen LogP contribution in [0.1, 0.15) is 45.5 Å². The standard InChI is InChI=1S/C25H26N2O7/c1-10-5-12-6-15-25(31)27-14(19(26(15)3)17(12)21(30)22(10)32-4)7-13-18(16(27)8-28)24-23(33-9-34-24)11(2)20(13)29/h5,7,15-16,19,28-30H,6,8-9H2,1-4H3/t15-,16-,19+/m0/s1. The number of aromatic hydroxyl groups is 2. The lowest BCUT2D eigenvalue weighted by atomic mass is 9.78. The van der Waals surface area contributed by atoms with Crippen molar-refractivity contribution in [3.05, 3.63) is 45.1 Å². The van der Waals surface area contributed by atoms with E-state index in [-0.39, 0.29) is 30.8 Å². The van der Waals surface area contributed by atoms with Crippen LogP contribution >= 0.6 is 0 Å². The van der Waals surface area contributed by atoms with Crippen LogP contribution < -0.4 is 14.2 Å². The number of carbonyl (C=O) groups is 1. The van der Waals surface area contributed by atoms with Crippen molar-refractivity contribution >= 4 is 12.0 Å². The monoisotopic (exact) mass is 466 g/mol. The number of ether oxygens (including phenoxy) is 3. The van der Waals surface area contributed by atoms with Gasteiger partial charge in [0.15, 0.2) is 23.0 Å².